The zero-order chi connectivity index (χ0) is 29.7. The van der Waals surface area contributed by atoms with E-state index in [4.69, 9.17) is 0 Å². The Morgan fingerprint density at radius 3 is 2.17 bits per heavy atom. The number of piperazine rings is 1. The van der Waals surface area contributed by atoms with E-state index < -0.39 is 50.5 Å². The van der Waals surface area contributed by atoms with Crippen molar-refractivity contribution in [2.24, 2.45) is 0 Å². The van der Waals surface area contributed by atoms with Gasteiger partial charge in [0.1, 0.15) is 6.04 Å². The third-order valence-corrected chi connectivity index (χ3v) is 8.58. The maximum absolute atomic E-state index is 13.5. The first kappa shape index (κ1) is 31.1. The van der Waals surface area contributed by atoms with Crippen LogP contribution in [0.3, 0.4) is 0 Å². The van der Waals surface area contributed by atoms with Gasteiger partial charge in [0, 0.05) is 32.6 Å². The van der Waals surface area contributed by atoms with Gasteiger partial charge in [-0.15, -0.1) is 0 Å². The smallest absolute Gasteiger partial charge is 0.416 e. The molecule has 0 saturated carbocycles. The van der Waals surface area contributed by atoms with Crippen molar-refractivity contribution in [1.29, 1.82) is 0 Å². The predicted molar refractivity (Wildman–Crippen MR) is 139 cm³/mol. The molecule has 1 aliphatic rings. The topological polar surface area (TPSA) is 113 Å². The molecular weight excluding hydrogens is 551 g/mol. The van der Waals surface area contributed by atoms with E-state index in [1.807, 2.05) is 38.1 Å². The molecule has 40 heavy (non-hydrogen) atoms. The molecule has 2 aromatic carbocycles. The number of halogens is 3. The van der Waals surface area contributed by atoms with Gasteiger partial charge in [-0.25, -0.2) is 8.42 Å². The van der Waals surface area contributed by atoms with Crippen molar-refractivity contribution in [1.82, 2.24) is 14.5 Å². The largest absolute Gasteiger partial charge is 0.469 e. The van der Waals surface area contributed by atoms with Gasteiger partial charge in [0.15, 0.2) is 0 Å². The van der Waals surface area contributed by atoms with Crippen LogP contribution in [0.1, 0.15) is 49.3 Å². The zero-order valence-electron chi connectivity index (χ0n) is 22.4. The average Bonchev–Trinajstić information content (AvgIpc) is 2.93. The summed E-state index contributed by atoms with van der Waals surface area (Å²) in [5.74, 6) is -1.40. The lowest BCUT2D eigenvalue weighted by molar-refractivity contribution is -0.144. The van der Waals surface area contributed by atoms with Crippen LogP contribution in [0.5, 0.6) is 0 Å². The van der Waals surface area contributed by atoms with E-state index in [1.54, 1.807) is 0 Å². The first-order valence-electron chi connectivity index (χ1n) is 12.6. The second-order valence-corrected chi connectivity index (χ2v) is 11.6. The summed E-state index contributed by atoms with van der Waals surface area (Å²) in [6.07, 6.45) is -5.01. The first-order valence-corrected chi connectivity index (χ1v) is 14.1. The molecule has 1 saturated heterocycles. The van der Waals surface area contributed by atoms with E-state index in [9.17, 15) is 36.0 Å². The van der Waals surface area contributed by atoms with Gasteiger partial charge in [-0.2, -0.15) is 17.5 Å². The number of sulfonamides is 1. The molecule has 1 N–H and O–H groups in total. The van der Waals surface area contributed by atoms with Crippen molar-refractivity contribution < 1.29 is 40.7 Å². The highest BCUT2D eigenvalue weighted by molar-refractivity contribution is 7.89. The maximum atomic E-state index is 13.5. The fraction of sp³-hybridized carbons (Fsp3) is 0.444. The number of rotatable bonds is 9. The normalized spacial score (nSPS) is 16.6. The van der Waals surface area contributed by atoms with Crippen LogP contribution in [-0.2, 0) is 41.9 Å². The first-order chi connectivity index (χ1) is 18.7. The van der Waals surface area contributed by atoms with Crippen molar-refractivity contribution in [2.75, 3.05) is 26.7 Å². The molecule has 0 spiro atoms. The zero-order valence-corrected chi connectivity index (χ0v) is 23.2. The quantitative estimate of drug-likeness (QED) is 0.454. The number of ether oxygens (including phenoxy) is 1. The number of hydrogen-bond acceptors (Lipinski definition) is 6. The number of esters is 1. The maximum Gasteiger partial charge on any atom is 0.416 e. The molecule has 1 fully saturated rings. The number of amides is 2. The van der Waals surface area contributed by atoms with Crippen molar-refractivity contribution in [2.45, 2.75) is 56.3 Å². The summed E-state index contributed by atoms with van der Waals surface area (Å²) < 4.78 is 71.4. The summed E-state index contributed by atoms with van der Waals surface area (Å²) in [6.45, 7) is 3.55. The van der Waals surface area contributed by atoms with Gasteiger partial charge in [-0.05, 0) is 41.3 Å². The Kier molecular flexibility index (Phi) is 9.96. The van der Waals surface area contributed by atoms with Gasteiger partial charge in [0.05, 0.1) is 24.0 Å². The van der Waals surface area contributed by atoms with Crippen molar-refractivity contribution in [3.8, 4) is 0 Å². The van der Waals surface area contributed by atoms with E-state index in [0.717, 1.165) is 27.6 Å². The minimum atomic E-state index is -4.64. The van der Waals surface area contributed by atoms with Crippen LogP contribution < -0.4 is 5.32 Å². The molecule has 0 unspecified atom stereocenters. The summed E-state index contributed by atoms with van der Waals surface area (Å²) in [4.78, 5) is 38.4. The monoisotopic (exact) mass is 583 g/mol. The van der Waals surface area contributed by atoms with Crippen molar-refractivity contribution >= 4 is 27.8 Å². The molecular formula is C27H32F3N3O6S. The van der Waals surface area contributed by atoms with Crippen LogP contribution in [-0.4, -0.2) is 68.2 Å². The summed E-state index contributed by atoms with van der Waals surface area (Å²) >= 11 is 0. The molecule has 0 aromatic heterocycles. The Labute approximate surface area is 231 Å². The Balaban J connectivity index is 1.83. The number of carbonyl (C=O) groups is 3. The molecule has 0 bridgehead atoms. The van der Waals surface area contributed by atoms with Crippen LogP contribution in [0, 0.1) is 0 Å². The highest BCUT2D eigenvalue weighted by Gasteiger charge is 2.41. The minimum Gasteiger partial charge on any atom is -0.469 e. The third-order valence-electron chi connectivity index (χ3n) is 6.66. The van der Waals surface area contributed by atoms with Crippen LogP contribution >= 0.6 is 0 Å². The number of nitrogens with zero attached hydrogens (tertiary/aromatic N) is 2. The van der Waals surface area contributed by atoms with Gasteiger partial charge in [-0.3, -0.25) is 14.4 Å². The number of hydrogen-bond donors (Lipinski definition) is 1. The Morgan fingerprint density at radius 1 is 1.00 bits per heavy atom. The Bertz CT molecular complexity index is 1310. The number of nitrogens with one attached hydrogen (secondary N) is 1. The van der Waals surface area contributed by atoms with Crippen LogP contribution in [0.25, 0.3) is 0 Å². The Morgan fingerprint density at radius 2 is 1.62 bits per heavy atom. The lowest BCUT2D eigenvalue weighted by Crippen LogP contribution is -2.61. The minimum absolute atomic E-state index is 0.0691. The van der Waals surface area contributed by atoms with Crippen molar-refractivity contribution in [3.05, 3.63) is 65.2 Å². The van der Waals surface area contributed by atoms with E-state index in [0.29, 0.717) is 18.1 Å². The van der Waals surface area contributed by atoms with Crippen LogP contribution in [0.2, 0.25) is 0 Å². The summed E-state index contributed by atoms with van der Waals surface area (Å²) in [7, 11) is -3.21. The number of methoxy groups -OCH3 is 1. The molecule has 3 rings (SSSR count). The SMILES string of the molecule is COC(=O)CCC(=O)N1CCN(S(=O)(=O)c2ccc(C(F)(F)F)cc2)[C@@H](C(=O)NCc2ccc(C(C)C)cc2)C1. The van der Waals surface area contributed by atoms with Crippen LogP contribution in [0.15, 0.2) is 53.4 Å². The van der Waals surface area contributed by atoms with Crippen molar-refractivity contribution in [3.63, 3.8) is 0 Å². The fourth-order valence-corrected chi connectivity index (χ4v) is 5.81. The highest BCUT2D eigenvalue weighted by Crippen LogP contribution is 2.31. The van der Waals surface area contributed by atoms with Gasteiger partial charge < -0.3 is 15.0 Å². The average molecular weight is 584 g/mol. The molecule has 0 radical (unpaired) electrons. The molecule has 218 valence electrons. The summed E-state index contributed by atoms with van der Waals surface area (Å²) in [5.41, 5.74) is 0.874. The molecule has 1 aliphatic heterocycles. The summed E-state index contributed by atoms with van der Waals surface area (Å²) in [5, 5.41) is 2.71. The third kappa shape index (κ3) is 7.60. The van der Waals surface area contributed by atoms with Gasteiger partial charge in [0.25, 0.3) is 0 Å². The molecule has 0 aliphatic carbocycles. The highest BCUT2D eigenvalue weighted by atomic mass is 32.2. The lowest BCUT2D eigenvalue weighted by Gasteiger charge is -2.39. The standard InChI is InChI=1S/C27H32F3N3O6S/c1-18(2)20-6-4-19(5-7-20)16-31-26(36)23-17-32(24(34)12-13-25(35)39-3)14-15-33(23)40(37,38)22-10-8-21(9-11-22)27(28,29)30/h4-11,18,23H,12-17H2,1-3H3,(H,31,36)/t23-/m1/s1. The van der Waals surface area contributed by atoms with E-state index >= 15 is 0 Å². The number of benzene rings is 2. The predicted octanol–water partition coefficient (Wildman–Crippen LogP) is 3.30. The van der Waals surface area contributed by atoms with Gasteiger partial charge in [-0.1, -0.05) is 38.1 Å². The summed E-state index contributed by atoms with van der Waals surface area (Å²) in [6, 6.07) is 9.20. The molecule has 9 nitrogen and oxygen atoms in total. The second kappa shape index (κ2) is 12.8. The van der Waals surface area contributed by atoms with Crippen LogP contribution in [0.4, 0.5) is 13.2 Å². The molecule has 2 amide bonds. The van der Waals surface area contributed by atoms with E-state index in [-0.39, 0.29) is 39.0 Å². The second-order valence-electron chi connectivity index (χ2n) is 9.68. The molecule has 1 atom stereocenters. The lowest BCUT2D eigenvalue weighted by atomic mass is 10.0. The fourth-order valence-electron chi connectivity index (χ4n) is 4.24. The molecule has 13 heteroatoms. The molecule has 1 heterocycles. The van der Waals surface area contributed by atoms with E-state index in [1.165, 1.54) is 12.0 Å². The Hall–Kier alpha value is -3.45. The van der Waals surface area contributed by atoms with E-state index in [2.05, 4.69) is 10.1 Å². The van der Waals surface area contributed by atoms with Gasteiger partial charge in [0.2, 0.25) is 21.8 Å². The molecule has 2 aromatic rings. The number of carbonyl (C=O) groups excluding carboxylic acids is 3. The van der Waals surface area contributed by atoms with Gasteiger partial charge >= 0.3 is 12.1 Å². The number of alkyl halides is 3.